The minimum atomic E-state index is -5.56. The highest BCUT2D eigenvalue weighted by atomic mass is 33.5. The molecule has 30 heteroatoms. The Morgan fingerprint density at radius 2 is 1.75 bits per heavy atom. The summed E-state index contributed by atoms with van der Waals surface area (Å²) in [6.45, 7) is 2.07. The number of nitrogens with two attached hydrogens (primary N) is 1. The molecule has 300 valence electrons. The minimum absolute atomic E-state index is 0.0317. The molecular formula is C23H38N7O17P3S3. The van der Waals surface area contributed by atoms with Crippen LogP contribution in [0.4, 0.5) is 5.82 Å². The summed E-state index contributed by atoms with van der Waals surface area (Å²) in [5.41, 5.74) is 4.27. The Balaban J connectivity index is 1.51. The van der Waals surface area contributed by atoms with Crippen molar-refractivity contribution in [1.82, 2.24) is 30.2 Å². The predicted octanol–water partition coefficient (Wildman–Crippen LogP) is -0.0190. The summed E-state index contributed by atoms with van der Waals surface area (Å²) in [4.78, 5) is 86.2. The Kier molecular flexibility index (Phi) is 16.7. The molecule has 1 saturated heterocycles. The summed E-state index contributed by atoms with van der Waals surface area (Å²) in [5, 5.41) is 26.3. The molecule has 0 aliphatic carbocycles. The van der Waals surface area contributed by atoms with Gasteiger partial charge in [0.05, 0.1) is 19.5 Å². The SMILES string of the molecule is CC(=O)SSSCCNC(=O)CCNC(=O)[C@H](O)C(C)(C)COP(=O)(O)OP(=O)(O)OC[C@H]1O[C@@H](n2cnc3c(N)ncnc32)[C@H](O)[C@@H]1OP(=O)(O)O. The van der Waals surface area contributed by atoms with Crippen molar-refractivity contribution in [3.8, 4) is 0 Å². The summed E-state index contributed by atoms with van der Waals surface area (Å²) in [5.74, 6) is -0.874. The van der Waals surface area contributed by atoms with Gasteiger partial charge in [0.15, 0.2) is 22.8 Å². The summed E-state index contributed by atoms with van der Waals surface area (Å²) < 4.78 is 61.9. The van der Waals surface area contributed by atoms with Crippen molar-refractivity contribution < 1.29 is 80.5 Å². The molecule has 2 unspecified atom stereocenters. The number of anilines is 1. The lowest BCUT2D eigenvalue weighted by Gasteiger charge is -2.30. The second-order valence-electron chi connectivity index (χ2n) is 11.5. The van der Waals surface area contributed by atoms with Crippen LogP contribution in [0.3, 0.4) is 0 Å². The summed E-state index contributed by atoms with van der Waals surface area (Å²) in [6, 6.07) is 0. The lowest BCUT2D eigenvalue weighted by atomic mass is 9.87. The van der Waals surface area contributed by atoms with E-state index in [0.717, 1.165) is 28.0 Å². The third-order valence-corrected chi connectivity index (χ3v) is 13.8. The number of carbonyl (C=O) groups is 3. The first kappa shape index (κ1) is 45.6. The molecule has 1 fully saturated rings. The molecule has 0 spiro atoms. The van der Waals surface area contributed by atoms with Gasteiger partial charge in [-0.15, -0.1) is 0 Å². The first-order chi connectivity index (χ1) is 24.5. The number of rotatable bonds is 21. The number of amides is 2. The Morgan fingerprint density at radius 1 is 1.08 bits per heavy atom. The van der Waals surface area contributed by atoms with Crippen LogP contribution in [0.25, 0.3) is 11.2 Å². The molecule has 2 aromatic heterocycles. The van der Waals surface area contributed by atoms with E-state index in [1.165, 1.54) is 41.4 Å². The van der Waals surface area contributed by atoms with Crippen molar-refractivity contribution in [3.63, 3.8) is 0 Å². The van der Waals surface area contributed by atoms with Crippen LogP contribution in [0.1, 0.15) is 33.4 Å². The van der Waals surface area contributed by atoms with Crippen molar-refractivity contribution in [2.75, 3.05) is 37.8 Å². The van der Waals surface area contributed by atoms with Gasteiger partial charge in [-0.1, -0.05) is 24.6 Å². The highest BCUT2D eigenvalue weighted by Gasteiger charge is 2.50. The molecule has 2 amide bonds. The van der Waals surface area contributed by atoms with Crippen LogP contribution in [0, 0.1) is 5.41 Å². The van der Waals surface area contributed by atoms with E-state index in [0.29, 0.717) is 12.3 Å². The fraction of sp³-hybridized carbons (Fsp3) is 0.652. The Labute approximate surface area is 312 Å². The zero-order chi connectivity index (χ0) is 39.8. The van der Waals surface area contributed by atoms with Crippen LogP contribution >= 0.6 is 54.9 Å². The van der Waals surface area contributed by atoms with Crippen LogP contribution in [0.5, 0.6) is 0 Å². The zero-order valence-corrected chi connectivity index (χ0v) is 33.0. The van der Waals surface area contributed by atoms with Gasteiger partial charge in [-0.05, 0) is 20.6 Å². The van der Waals surface area contributed by atoms with Gasteiger partial charge in [-0.25, -0.2) is 28.6 Å². The minimum Gasteiger partial charge on any atom is -0.386 e. The van der Waals surface area contributed by atoms with Crippen LogP contribution in [-0.2, 0) is 50.7 Å². The standard InChI is InChI=1S/C23H38N7O17P3S3/c1-12(31)52-53-51-7-6-25-14(32)4-5-26-21(35)18(34)23(2,3)9-44-50(41,42)47-49(39,40)43-8-13-17(46-48(36,37)38)16(33)22(45-13)30-11-29-15-19(24)27-10-28-20(15)30/h10-11,13,16-18,22,33-34H,4-9H2,1-3H3,(H,25,32)(H,26,35)(H,39,40)(H,41,42)(H2,24,27,28)(H2,36,37,38)/t13-,16-,17-,18+,22-/m1/s1. The second kappa shape index (κ2) is 19.4. The highest BCUT2D eigenvalue weighted by molar-refractivity contribution is 9.12. The number of nitrogens with one attached hydrogen (secondary N) is 2. The average molecular weight is 874 g/mol. The van der Waals surface area contributed by atoms with Crippen molar-refractivity contribution in [1.29, 1.82) is 0 Å². The van der Waals surface area contributed by atoms with E-state index in [-0.39, 0.29) is 35.1 Å². The molecule has 53 heavy (non-hydrogen) atoms. The topological polar surface area (TPSA) is 364 Å². The van der Waals surface area contributed by atoms with E-state index in [2.05, 4.69) is 34.4 Å². The Hall–Kier alpha value is -1.74. The summed E-state index contributed by atoms with van der Waals surface area (Å²) in [7, 11) is -12.6. The third-order valence-electron chi connectivity index (χ3n) is 6.78. The smallest absolute Gasteiger partial charge is 0.386 e. The number of nitrogen functional groups attached to an aromatic ring is 1. The number of hydrogen-bond acceptors (Lipinski definition) is 20. The van der Waals surface area contributed by atoms with Gasteiger partial charge in [0.2, 0.25) is 11.8 Å². The third kappa shape index (κ3) is 14.4. The monoisotopic (exact) mass is 873 g/mol. The van der Waals surface area contributed by atoms with E-state index in [1.807, 2.05) is 0 Å². The van der Waals surface area contributed by atoms with E-state index >= 15 is 0 Å². The summed E-state index contributed by atoms with van der Waals surface area (Å²) in [6.07, 6.45) is -6.85. The predicted molar refractivity (Wildman–Crippen MR) is 188 cm³/mol. The molecule has 0 bridgehead atoms. The molecular weight excluding hydrogens is 835 g/mol. The van der Waals surface area contributed by atoms with Crippen LogP contribution in [0.15, 0.2) is 12.7 Å². The normalized spacial score (nSPS) is 22.2. The molecule has 3 rings (SSSR count). The van der Waals surface area contributed by atoms with Crippen molar-refractivity contribution in [3.05, 3.63) is 12.7 Å². The molecule has 24 nitrogen and oxygen atoms in total. The molecule has 0 radical (unpaired) electrons. The maximum absolute atomic E-state index is 12.6. The van der Waals surface area contributed by atoms with Crippen molar-refractivity contribution >= 4 is 88.8 Å². The first-order valence-electron chi connectivity index (χ1n) is 14.9. The first-order valence-corrected chi connectivity index (χ1v) is 23.0. The number of phosphoric ester groups is 3. The number of fused-ring (bicyclic) bond motifs is 1. The molecule has 1 aliphatic rings. The molecule has 0 aromatic carbocycles. The van der Waals surface area contributed by atoms with Crippen molar-refractivity contribution in [2.45, 2.75) is 57.8 Å². The molecule has 0 saturated carbocycles. The number of carbonyl (C=O) groups excluding carboxylic acids is 3. The number of phosphoric acid groups is 3. The largest absolute Gasteiger partial charge is 0.481 e. The number of ether oxygens (including phenoxy) is 1. The number of aliphatic hydroxyl groups excluding tert-OH is 2. The fourth-order valence-electron chi connectivity index (χ4n) is 4.28. The fourth-order valence-corrected chi connectivity index (χ4v) is 10.3. The maximum atomic E-state index is 12.6. The Bertz CT molecular complexity index is 1750. The molecule has 1 aliphatic heterocycles. The van der Waals surface area contributed by atoms with Gasteiger partial charge >= 0.3 is 23.5 Å². The van der Waals surface area contributed by atoms with Crippen molar-refractivity contribution in [2.24, 2.45) is 5.41 Å². The van der Waals surface area contributed by atoms with E-state index in [4.69, 9.17) is 19.5 Å². The molecule has 2 aromatic rings. The second-order valence-corrected chi connectivity index (χ2v) is 20.1. The lowest BCUT2D eigenvalue weighted by molar-refractivity contribution is -0.137. The van der Waals surface area contributed by atoms with Gasteiger partial charge in [0.1, 0.15) is 36.3 Å². The van der Waals surface area contributed by atoms with Gasteiger partial charge in [0, 0.05) is 37.6 Å². The zero-order valence-electron chi connectivity index (χ0n) is 27.9. The van der Waals surface area contributed by atoms with E-state index in [9.17, 15) is 57.9 Å². The van der Waals surface area contributed by atoms with Crippen LogP contribution < -0.4 is 16.4 Å². The quantitative estimate of drug-likeness (QED) is 0.0452. The Morgan fingerprint density at radius 3 is 2.42 bits per heavy atom. The van der Waals surface area contributed by atoms with Gasteiger partial charge in [0.25, 0.3) is 0 Å². The van der Waals surface area contributed by atoms with Gasteiger partial charge in [-0.3, -0.25) is 32.5 Å². The number of aromatic nitrogens is 4. The summed E-state index contributed by atoms with van der Waals surface area (Å²) >= 11 is 0. The number of nitrogens with zero attached hydrogens (tertiary/aromatic N) is 4. The van der Waals surface area contributed by atoms with E-state index in [1.54, 1.807) is 0 Å². The maximum Gasteiger partial charge on any atom is 0.481 e. The number of hydrogen-bond donors (Lipinski definition) is 9. The van der Waals surface area contributed by atoms with Gasteiger partial charge < -0.3 is 50.9 Å². The molecule has 3 heterocycles. The molecule has 7 atom stereocenters. The van der Waals surface area contributed by atoms with Gasteiger partial charge in [-0.2, -0.15) is 4.31 Å². The van der Waals surface area contributed by atoms with Crippen LogP contribution in [-0.4, -0.2) is 123 Å². The average Bonchev–Trinajstić information content (AvgIpc) is 3.60. The molecule has 10 N–H and O–H groups in total. The van der Waals surface area contributed by atoms with E-state index < -0.39 is 84.6 Å². The number of aliphatic hydroxyl groups is 2. The van der Waals surface area contributed by atoms with Crippen LogP contribution in [0.2, 0.25) is 0 Å². The number of imidazole rings is 1. The lowest BCUT2D eigenvalue weighted by Crippen LogP contribution is -2.46. The highest BCUT2D eigenvalue weighted by Crippen LogP contribution is 2.61.